The number of hydrogen-bond donors (Lipinski definition) is 1. The van der Waals surface area contributed by atoms with Crippen LogP contribution in [0.4, 0.5) is 0 Å². The van der Waals surface area contributed by atoms with Crippen molar-refractivity contribution in [3.63, 3.8) is 0 Å². The minimum atomic E-state index is -0.368. The zero-order chi connectivity index (χ0) is 32.4. The lowest BCUT2D eigenvalue weighted by atomic mass is 9.55. The van der Waals surface area contributed by atoms with Crippen LogP contribution >= 0.6 is 0 Å². The van der Waals surface area contributed by atoms with Crippen molar-refractivity contribution in [2.45, 2.75) is 185 Å². The van der Waals surface area contributed by atoms with Crippen LogP contribution in [0, 0.1) is 47.3 Å². The van der Waals surface area contributed by atoms with Crippen LogP contribution in [0.15, 0.2) is 5.10 Å². The molecule has 8 heteroatoms. The number of fused-ring (bicyclic) bond motifs is 4. The maximum Gasteiger partial charge on any atom is 0.136 e. The second-order valence-corrected chi connectivity index (χ2v) is 19.1. The highest BCUT2D eigenvalue weighted by atomic mass is 17.2. The van der Waals surface area contributed by atoms with Gasteiger partial charge in [-0.2, -0.15) is 5.10 Å². The van der Waals surface area contributed by atoms with Gasteiger partial charge in [-0.1, -0.05) is 27.7 Å². The first kappa shape index (κ1) is 32.4. The second kappa shape index (κ2) is 10.9. The van der Waals surface area contributed by atoms with Crippen molar-refractivity contribution in [2.75, 3.05) is 0 Å². The van der Waals surface area contributed by atoms with E-state index in [2.05, 4.69) is 67.7 Å². The van der Waals surface area contributed by atoms with Crippen molar-refractivity contribution in [1.82, 2.24) is 5.43 Å². The summed E-state index contributed by atoms with van der Waals surface area (Å²) in [5, 5.41) is 5.26. The van der Waals surface area contributed by atoms with Crippen molar-refractivity contribution in [3.8, 4) is 0 Å². The van der Waals surface area contributed by atoms with E-state index in [1.54, 1.807) is 0 Å². The molecule has 0 amide bonds. The average Bonchev–Trinajstić information content (AvgIpc) is 3.37. The zero-order valence-electron chi connectivity index (χ0n) is 30.1. The number of nitrogens with one attached hydrogen (secondary N) is 1. The Morgan fingerprint density at radius 2 is 1.20 bits per heavy atom. The molecule has 260 valence electrons. The van der Waals surface area contributed by atoms with E-state index < -0.39 is 0 Å². The average molecular weight is 643 g/mol. The van der Waals surface area contributed by atoms with Crippen molar-refractivity contribution >= 4 is 5.71 Å². The van der Waals surface area contributed by atoms with Gasteiger partial charge in [0.25, 0.3) is 0 Å². The van der Waals surface area contributed by atoms with E-state index in [0.717, 1.165) is 57.1 Å². The molecule has 1 N–H and O–H groups in total. The fraction of sp³-hybridized carbons (Fsp3) is 0.974. The fourth-order valence-corrected chi connectivity index (χ4v) is 12.3. The molecule has 10 fully saturated rings. The number of hydrazone groups is 1. The quantitative estimate of drug-likeness (QED) is 0.193. The van der Waals surface area contributed by atoms with Crippen LogP contribution in [0.25, 0.3) is 0 Å². The molecule has 6 aliphatic heterocycles. The Bertz CT molecular complexity index is 1220. The first-order valence-electron chi connectivity index (χ1n) is 19.1. The summed E-state index contributed by atoms with van der Waals surface area (Å²) < 4.78 is 14.7. The third kappa shape index (κ3) is 4.76. The van der Waals surface area contributed by atoms with E-state index in [0.29, 0.717) is 41.4 Å². The van der Waals surface area contributed by atoms with Gasteiger partial charge >= 0.3 is 0 Å². The molecule has 6 heterocycles. The van der Waals surface area contributed by atoms with Crippen LogP contribution in [-0.4, -0.2) is 58.1 Å². The molecule has 4 saturated carbocycles. The minimum Gasteiger partial charge on any atom is -0.371 e. The molecule has 0 radical (unpaired) electrons. The van der Waals surface area contributed by atoms with Gasteiger partial charge in [0.15, 0.2) is 0 Å². The van der Waals surface area contributed by atoms with Crippen LogP contribution in [0.2, 0.25) is 0 Å². The summed E-state index contributed by atoms with van der Waals surface area (Å²) in [7, 11) is 0. The topological polar surface area (TPSA) is 79.8 Å². The van der Waals surface area contributed by atoms with Gasteiger partial charge in [0.05, 0.1) is 24.0 Å². The van der Waals surface area contributed by atoms with Crippen LogP contribution in [0.1, 0.15) is 133 Å². The lowest BCUT2D eigenvalue weighted by Gasteiger charge is -2.62. The predicted molar refractivity (Wildman–Crippen MR) is 176 cm³/mol. The predicted octanol–water partition coefficient (Wildman–Crippen LogP) is 7.54. The Morgan fingerprint density at radius 1 is 0.674 bits per heavy atom. The largest absolute Gasteiger partial charge is 0.371 e. The highest BCUT2D eigenvalue weighted by Crippen LogP contribution is 2.63. The first-order valence-corrected chi connectivity index (χ1v) is 19.1. The summed E-state index contributed by atoms with van der Waals surface area (Å²) in [5.74, 6) is 3.54. The summed E-state index contributed by atoms with van der Waals surface area (Å²) in [5.41, 5.74) is 3.19. The molecule has 10 rings (SSSR count). The summed E-state index contributed by atoms with van der Waals surface area (Å²) in [6.45, 7) is 20.7. The second-order valence-electron chi connectivity index (χ2n) is 19.1. The Balaban J connectivity index is 1.13. The normalized spacial score (nSPS) is 56.4. The van der Waals surface area contributed by atoms with E-state index >= 15 is 0 Å². The zero-order valence-corrected chi connectivity index (χ0v) is 30.1. The molecule has 8 nitrogen and oxygen atoms in total. The van der Waals surface area contributed by atoms with Crippen LogP contribution in [0.3, 0.4) is 0 Å². The molecule has 0 aromatic heterocycles. The summed E-state index contributed by atoms with van der Waals surface area (Å²) in [6.07, 6.45) is 11.8. The smallest absolute Gasteiger partial charge is 0.136 e. The molecule has 10 aliphatic rings. The lowest BCUT2D eigenvalue weighted by Crippen LogP contribution is -2.71. The lowest BCUT2D eigenvalue weighted by molar-refractivity contribution is -0.487. The van der Waals surface area contributed by atoms with Gasteiger partial charge in [0, 0.05) is 24.8 Å². The number of ether oxygens (including phenoxy) is 2. The molecular formula is C38H62N2O6. The molecule has 4 bridgehead atoms. The van der Waals surface area contributed by atoms with Crippen LogP contribution in [-0.2, 0) is 29.0 Å². The third-order valence-electron chi connectivity index (χ3n) is 14.8. The van der Waals surface area contributed by atoms with Gasteiger partial charge in [-0.05, 0) is 133 Å². The SMILES string of the molecule is C[C@H]1[C@@H](/C(C[C@H]2O[C@@H]3C[C@@]4(C)CC[C@H]5[C@H](C)CC[C@@H]([C@H]2C)[C@@]35OO4)=N\NC(C)(C)C)O[C@@H]2C[C@@]3(C)CC[C@H]4[C@H](C)CC[C@@H]1[C@@]24OO3. The van der Waals surface area contributed by atoms with Gasteiger partial charge in [0.2, 0.25) is 0 Å². The molecule has 2 spiro atoms. The van der Waals surface area contributed by atoms with Crippen LogP contribution < -0.4 is 5.43 Å². The standard InChI is InChI=1S/C38H62N2O6/c1-21-10-12-27-23(3)30(41-31-19-35(8)16-14-25(21)37(27,31)45-43-35)18-29(39-40-34(5,6)7)33-24(4)28-13-11-22(2)26-15-17-36(9)20-32(42-33)38(26,28)46-44-36/h21-28,30-33,40H,10-20H2,1-9H3/b39-29-/t21-,22-,23-,24-,25+,26+,27+,28+,30-,31-,32-,33+,35-,36-,37-,38-/m1/s1. The molecule has 16 atom stereocenters. The molecular weight excluding hydrogens is 580 g/mol. The van der Waals surface area contributed by atoms with Gasteiger partial charge in [0.1, 0.15) is 28.5 Å². The van der Waals surface area contributed by atoms with Crippen molar-refractivity contribution in [1.29, 1.82) is 0 Å². The monoisotopic (exact) mass is 642 g/mol. The van der Waals surface area contributed by atoms with Gasteiger partial charge < -0.3 is 14.9 Å². The molecule has 0 aromatic carbocycles. The van der Waals surface area contributed by atoms with E-state index in [-0.39, 0.29) is 58.3 Å². The van der Waals surface area contributed by atoms with Crippen molar-refractivity contribution in [3.05, 3.63) is 0 Å². The van der Waals surface area contributed by atoms with Crippen molar-refractivity contribution < 1.29 is 29.0 Å². The molecule has 0 aromatic rings. The Hall–Kier alpha value is -0.770. The van der Waals surface area contributed by atoms with Gasteiger partial charge in [-0.15, -0.1) is 0 Å². The molecule has 6 saturated heterocycles. The van der Waals surface area contributed by atoms with E-state index in [4.69, 9.17) is 34.1 Å². The third-order valence-corrected chi connectivity index (χ3v) is 14.8. The number of hydrogen-bond acceptors (Lipinski definition) is 8. The number of rotatable bonds is 4. The van der Waals surface area contributed by atoms with Gasteiger partial charge in [-0.3, -0.25) is 0 Å². The Morgan fingerprint density at radius 3 is 1.74 bits per heavy atom. The van der Waals surface area contributed by atoms with Crippen molar-refractivity contribution in [2.24, 2.45) is 52.4 Å². The van der Waals surface area contributed by atoms with E-state index in [9.17, 15) is 0 Å². The Kier molecular flexibility index (Phi) is 7.66. The van der Waals surface area contributed by atoms with Gasteiger partial charge in [-0.25, -0.2) is 19.6 Å². The highest BCUT2D eigenvalue weighted by molar-refractivity contribution is 5.89. The molecule has 4 aliphatic carbocycles. The molecule has 46 heavy (non-hydrogen) atoms. The minimum absolute atomic E-state index is 0.00387. The van der Waals surface area contributed by atoms with E-state index in [1.807, 2.05) is 0 Å². The van der Waals surface area contributed by atoms with E-state index in [1.165, 1.54) is 19.3 Å². The summed E-state index contributed by atoms with van der Waals surface area (Å²) in [4.78, 5) is 25.8. The summed E-state index contributed by atoms with van der Waals surface area (Å²) >= 11 is 0. The first-order chi connectivity index (χ1) is 21.7. The number of nitrogens with zero attached hydrogens (tertiary/aromatic N) is 1. The Labute approximate surface area is 277 Å². The van der Waals surface area contributed by atoms with Crippen LogP contribution in [0.5, 0.6) is 0 Å². The fourth-order valence-electron chi connectivity index (χ4n) is 12.3. The summed E-state index contributed by atoms with van der Waals surface area (Å²) in [6, 6.07) is 0. The highest BCUT2D eigenvalue weighted by Gasteiger charge is 2.70. The molecule has 0 unspecified atom stereocenters. The maximum atomic E-state index is 7.37. The maximum absolute atomic E-state index is 7.37.